The molecule has 0 bridgehead atoms. The van der Waals surface area contributed by atoms with Gasteiger partial charge in [-0.3, -0.25) is 0 Å². The van der Waals surface area contributed by atoms with Crippen molar-refractivity contribution in [2.75, 3.05) is 12.4 Å². The molecule has 1 heterocycles. The number of amides is 2. The smallest absolute Gasteiger partial charge is 0.320 e. The first kappa shape index (κ1) is 17.5. The lowest BCUT2D eigenvalue weighted by Crippen LogP contribution is -2.34. The van der Waals surface area contributed by atoms with Gasteiger partial charge < -0.3 is 19.9 Å². The van der Waals surface area contributed by atoms with Gasteiger partial charge in [0, 0.05) is 30.7 Å². The van der Waals surface area contributed by atoms with Crippen LogP contribution in [-0.2, 0) is 7.05 Å². The predicted octanol–water partition coefficient (Wildman–Crippen LogP) is 3.65. The normalized spacial score (nSPS) is 11.7. The molecule has 2 aromatic carbocycles. The molecule has 0 unspecified atom stereocenters. The van der Waals surface area contributed by atoms with Crippen molar-refractivity contribution < 1.29 is 9.53 Å². The molecule has 0 saturated carbocycles. The number of carbonyl (C=O) groups is 1. The van der Waals surface area contributed by atoms with Crippen molar-refractivity contribution >= 4 is 11.7 Å². The van der Waals surface area contributed by atoms with Crippen molar-refractivity contribution in [2.24, 2.45) is 7.05 Å². The lowest BCUT2D eigenvalue weighted by atomic mass is 10.0. The van der Waals surface area contributed by atoms with Gasteiger partial charge in [-0.2, -0.15) is 0 Å². The van der Waals surface area contributed by atoms with Crippen LogP contribution in [0.3, 0.4) is 0 Å². The fraction of sp³-hybridized carbons (Fsp3) is 0.200. The van der Waals surface area contributed by atoms with E-state index >= 15 is 0 Å². The maximum atomic E-state index is 12.6. The number of aryl methyl sites for hydroxylation is 2. The molecule has 2 N–H and O–H groups in total. The highest BCUT2D eigenvalue weighted by Gasteiger charge is 2.23. The minimum Gasteiger partial charge on any atom is -0.496 e. The van der Waals surface area contributed by atoms with Gasteiger partial charge in [-0.15, -0.1) is 0 Å². The van der Waals surface area contributed by atoms with Crippen LogP contribution in [0.1, 0.15) is 23.0 Å². The molecule has 3 rings (SSSR count). The Morgan fingerprint density at radius 3 is 2.54 bits per heavy atom. The van der Waals surface area contributed by atoms with Gasteiger partial charge in [-0.25, -0.2) is 9.78 Å². The predicted molar refractivity (Wildman–Crippen MR) is 101 cm³/mol. The molecule has 0 aliphatic rings. The number of carbonyl (C=O) groups excluding carboxylic acids is 1. The molecule has 1 atom stereocenters. The Balaban J connectivity index is 1.88. The van der Waals surface area contributed by atoms with E-state index in [2.05, 4.69) is 15.6 Å². The van der Waals surface area contributed by atoms with Crippen LogP contribution in [0.5, 0.6) is 5.75 Å². The number of hydrogen-bond acceptors (Lipinski definition) is 3. The quantitative estimate of drug-likeness (QED) is 0.738. The second-order valence-electron chi connectivity index (χ2n) is 6.04. The zero-order valence-electron chi connectivity index (χ0n) is 15.1. The number of nitrogens with zero attached hydrogens (tertiary/aromatic N) is 2. The Morgan fingerprint density at radius 1 is 1.15 bits per heavy atom. The van der Waals surface area contributed by atoms with Crippen LogP contribution >= 0.6 is 0 Å². The third-order valence-corrected chi connectivity index (χ3v) is 4.15. The minimum atomic E-state index is -0.448. The van der Waals surface area contributed by atoms with Crippen LogP contribution in [-0.4, -0.2) is 22.7 Å². The Kier molecular flexibility index (Phi) is 5.22. The van der Waals surface area contributed by atoms with Crippen LogP contribution in [0, 0.1) is 6.92 Å². The van der Waals surface area contributed by atoms with E-state index in [0.717, 1.165) is 16.8 Å². The van der Waals surface area contributed by atoms with Crippen LogP contribution < -0.4 is 15.4 Å². The summed E-state index contributed by atoms with van der Waals surface area (Å²) in [5.74, 6) is 1.41. The van der Waals surface area contributed by atoms with Crippen molar-refractivity contribution in [3.63, 3.8) is 0 Å². The summed E-state index contributed by atoms with van der Waals surface area (Å²) in [6, 6.07) is 14.5. The van der Waals surface area contributed by atoms with Crippen molar-refractivity contribution in [1.82, 2.24) is 14.9 Å². The number of methoxy groups -OCH3 is 1. The summed E-state index contributed by atoms with van der Waals surface area (Å²) < 4.78 is 7.35. The van der Waals surface area contributed by atoms with E-state index < -0.39 is 6.04 Å². The molecule has 2 amide bonds. The second kappa shape index (κ2) is 7.74. The van der Waals surface area contributed by atoms with Gasteiger partial charge in [-0.1, -0.05) is 35.9 Å². The van der Waals surface area contributed by atoms with Crippen LogP contribution in [0.2, 0.25) is 0 Å². The van der Waals surface area contributed by atoms with E-state index in [4.69, 9.17) is 4.74 Å². The van der Waals surface area contributed by atoms with Gasteiger partial charge in [0.15, 0.2) is 0 Å². The highest BCUT2D eigenvalue weighted by Crippen LogP contribution is 2.29. The number of imidazole rings is 1. The molecule has 26 heavy (non-hydrogen) atoms. The number of para-hydroxylation sites is 1. The Labute approximate surface area is 152 Å². The van der Waals surface area contributed by atoms with E-state index in [-0.39, 0.29) is 6.03 Å². The molecular formula is C20H22N4O2. The zero-order chi connectivity index (χ0) is 18.5. The van der Waals surface area contributed by atoms with E-state index in [9.17, 15) is 4.79 Å². The maximum Gasteiger partial charge on any atom is 0.320 e. The number of nitrogens with one attached hydrogen (secondary N) is 2. The van der Waals surface area contributed by atoms with Gasteiger partial charge in [0.25, 0.3) is 0 Å². The van der Waals surface area contributed by atoms with Crippen molar-refractivity contribution in [1.29, 1.82) is 0 Å². The van der Waals surface area contributed by atoms with Gasteiger partial charge in [0.1, 0.15) is 17.6 Å². The molecular weight excluding hydrogens is 328 g/mol. The molecule has 0 aliphatic heterocycles. The zero-order valence-corrected chi connectivity index (χ0v) is 15.1. The summed E-state index contributed by atoms with van der Waals surface area (Å²) in [7, 11) is 3.50. The maximum absolute atomic E-state index is 12.6. The summed E-state index contributed by atoms with van der Waals surface area (Å²) in [4.78, 5) is 17.0. The molecule has 134 valence electrons. The lowest BCUT2D eigenvalue weighted by Gasteiger charge is -2.21. The highest BCUT2D eigenvalue weighted by molar-refractivity contribution is 5.89. The third kappa shape index (κ3) is 3.85. The number of hydrogen-bond donors (Lipinski definition) is 2. The molecule has 0 spiro atoms. The molecule has 0 fully saturated rings. The topological polar surface area (TPSA) is 68.2 Å². The number of rotatable bonds is 5. The fourth-order valence-corrected chi connectivity index (χ4v) is 2.78. The van der Waals surface area contributed by atoms with E-state index in [1.54, 1.807) is 13.3 Å². The van der Waals surface area contributed by atoms with Crippen LogP contribution in [0.4, 0.5) is 10.5 Å². The summed E-state index contributed by atoms with van der Waals surface area (Å²) in [5, 5.41) is 5.86. The minimum absolute atomic E-state index is 0.312. The van der Waals surface area contributed by atoms with Crippen LogP contribution in [0.25, 0.3) is 0 Å². The average molecular weight is 350 g/mol. The number of aromatic nitrogens is 2. The molecule has 0 aliphatic carbocycles. The summed E-state index contributed by atoms with van der Waals surface area (Å²) in [5.41, 5.74) is 2.70. The average Bonchev–Trinajstić information content (AvgIpc) is 3.07. The first-order chi connectivity index (χ1) is 12.6. The van der Waals surface area contributed by atoms with Gasteiger partial charge in [-0.05, 0) is 25.1 Å². The first-order valence-corrected chi connectivity index (χ1v) is 8.33. The SMILES string of the molecule is COc1ccccc1[C@H](NC(=O)Nc1ccc(C)cc1)c1nccn1C. The Bertz CT molecular complexity index is 887. The second-order valence-corrected chi connectivity index (χ2v) is 6.04. The number of anilines is 1. The van der Waals surface area contributed by atoms with E-state index in [1.165, 1.54) is 0 Å². The van der Waals surface area contributed by atoms with Crippen molar-refractivity contribution in [3.8, 4) is 5.75 Å². The monoisotopic (exact) mass is 350 g/mol. The Hall–Kier alpha value is -3.28. The summed E-state index contributed by atoms with van der Waals surface area (Å²) in [6.07, 6.45) is 3.55. The van der Waals surface area contributed by atoms with Crippen molar-refractivity contribution in [2.45, 2.75) is 13.0 Å². The standard InChI is InChI=1S/C20H22N4O2/c1-14-8-10-15(11-9-14)22-20(25)23-18(19-21-12-13-24(19)2)16-6-4-5-7-17(16)26-3/h4-13,18H,1-3H3,(H2,22,23,25)/t18-/m0/s1. The number of urea groups is 1. The molecule has 1 aromatic heterocycles. The molecule has 0 saturated heterocycles. The number of ether oxygens (including phenoxy) is 1. The summed E-state index contributed by atoms with van der Waals surface area (Å²) >= 11 is 0. The van der Waals surface area contributed by atoms with Gasteiger partial charge in [0.2, 0.25) is 0 Å². The van der Waals surface area contributed by atoms with Gasteiger partial charge >= 0.3 is 6.03 Å². The fourth-order valence-electron chi connectivity index (χ4n) is 2.78. The molecule has 6 nitrogen and oxygen atoms in total. The third-order valence-electron chi connectivity index (χ3n) is 4.15. The summed E-state index contributed by atoms with van der Waals surface area (Å²) in [6.45, 7) is 2.00. The highest BCUT2D eigenvalue weighted by atomic mass is 16.5. The van der Waals surface area contributed by atoms with Gasteiger partial charge in [0.05, 0.1) is 7.11 Å². The first-order valence-electron chi connectivity index (χ1n) is 8.33. The molecule has 6 heteroatoms. The van der Waals surface area contributed by atoms with Crippen LogP contribution in [0.15, 0.2) is 60.9 Å². The van der Waals surface area contributed by atoms with E-state index in [0.29, 0.717) is 11.6 Å². The van der Waals surface area contributed by atoms with Crippen molar-refractivity contribution in [3.05, 3.63) is 77.9 Å². The molecule has 0 radical (unpaired) electrons. The lowest BCUT2D eigenvalue weighted by molar-refractivity contribution is 0.249. The van der Waals surface area contributed by atoms with E-state index in [1.807, 2.05) is 73.3 Å². The number of benzene rings is 2. The molecule has 3 aromatic rings. The largest absolute Gasteiger partial charge is 0.496 e. The Morgan fingerprint density at radius 2 is 1.88 bits per heavy atom.